The second-order valence-electron chi connectivity index (χ2n) is 6.88. The highest BCUT2D eigenvalue weighted by molar-refractivity contribution is 6.32. The van der Waals surface area contributed by atoms with Gasteiger partial charge in [0.15, 0.2) is 11.6 Å². The van der Waals surface area contributed by atoms with Gasteiger partial charge in [-0.25, -0.2) is 0 Å². The van der Waals surface area contributed by atoms with Gasteiger partial charge in [-0.15, -0.1) is 10.2 Å². The second-order valence-corrected chi connectivity index (χ2v) is 7.29. The summed E-state index contributed by atoms with van der Waals surface area (Å²) in [5.74, 6) is 1.82. The molecule has 0 bridgehead atoms. The van der Waals surface area contributed by atoms with Gasteiger partial charge in [0.25, 0.3) is 0 Å². The number of hydrogen-bond donors (Lipinski definition) is 2. The molecule has 1 saturated heterocycles. The Bertz CT molecular complexity index is 1100. The maximum atomic E-state index is 10.3. The summed E-state index contributed by atoms with van der Waals surface area (Å²) in [5.41, 5.74) is 1.50. The normalized spacial score (nSPS) is 16.1. The zero-order chi connectivity index (χ0) is 20.4. The maximum Gasteiger partial charge on any atom is 0.161 e. The minimum atomic E-state index is -0.566. The number of nitrogens with one attached hydrogen (secondary N) is 1. The topological polar surface area (TPSA) is 94.3 Å². The smallest absolute Gasteiger partial charge is 0.161 e. The van der Waals surface area contributed by atoms with Crippen molar-refractivity contribution in [1.29, 1.82) is 5.26 Å². The molecule has 3 aromatic rings. The van der Waals surface area contributed by atoms with Crippen molar-refractivity contribution in [3.63, 3.8) is 0 Å². The molecule has 1 unspecified atom stereocenters. The molecule has 1 aromatic heterocycles. The van der Waals surface area contributed by atoms with Crippen molar-refractivity contribution in [2.75, 3.05) is 23.9 Å². The van der Waals surface area contributed by atoms with Crippen LogP contribution in [0.25, 0.3) is 10.8 Å². The fourth-order valence-corrected chi connectivity index (χ4v) is 3.83. The van der Waals surface area contributed by atoms with E-state index in [9.17, 15) is 10.4 Å². The minimum Gasteiger partial charge on any atom is -0.495 e. The number of anilines is 2. The van der Waals surface area contributed by atoms with E-state index in [4.69, 9.17) is 16.3 Å². The van der Waals surface area contributed by atoms with Crippen molar-refractivity contribution in [3.05, 3.63) is 52.5 Å². The van der Waals surface area contributed by atoms with Crippen molar-refractivity contribution in [2.24, 2.45) is 0 Å². The molecule has 7 nitrogen and oxygen atoms in total. The van der Waals surface area contributed by atoms with Crippen LogP contribution < -0.4 is 15.0 Å². The highest BCUT2D eigenvalue weighted by Crippen LogP contribution is 2.33. The average molecular weight is 410 g/mol. The van der Waals surface area contributed by atoms with Gasteiger partial charge >= 0.3 is 0 Å². The number of aliphatic hydroxyl groups is 1. The summed E-state index contributed by atoms with van der Waals surface area (Å²) in [5, 5.41) is 33.8. The molecule has 2 heterocycles. The van der Waals surface area contributed by atoms with E-state index in [1.807, 2.05) is 29.2 Å². The van der Waals surface area contributed by atoms with Crippen molar-refractivity contribution < 1.29 is 9.84 Å². The van der Waals surface area contributed by atoms with Gasteiger partial charge in [-0.1, -0.05) is 17.7 Å². The summed E-state index contributed by atoms with van der Waals surface area (Å²) in [6, 6.07) is 13.1. The zero-order valence-corrected chi connectivity index (χ0v) is 16.6. The summed E-state index contributed by atoms with van der Waals surface area (Å²) in [7, 11) is 1.58. The molecule has 0 aliphatic carbocycles. The fraction of sp³-hybridized carbons (Fsp3) is 0.286. The van der Waals surface area contributed by atoms with E-state index >= 15 is 0 Å². The third kappa shape index (κ3) is 3.77. The number of rotatable bonds is 5. The third-order valence-electron chi connectivity index (χ3n) is 5.06. The van der Waals surface area contributed by atoms with Gasteiger partial charge in [0.2, 0.25) is 0 Å². The van der Waals surface area contributed by atoms with Crippen LogP contribution in [0, 0.1) is 11.3 Å². The maximum absolute atomic E-state index is 10.3. The van der Waals surface area contributed by atoms with Gasteiger partial charge in [-0.3, -0.25) is 0 Å². The van der Waals surface area contributed by atoms with Gasteiger partial charge in [-0.05, 0) is 48.7 Å². The summed E-state index contributed by atoms with van der Waals surface area (Å²) in [6.45, 7) is 1.21. The predicted octanol–water partition coefficient (Wildman–Crippen LogP) is 3.69. The molecular weight excluding hydrogens is 390 g/mol. The molecule has 0 amide bonds. The molecule has 8 heteroatoms. The average Bonchev–Trinajstić information content (AvgIpc) is 3.17. The molecule has 1 aliphatic rings. The Morgan fingerprint density at radius 1 is 1.28 bits per heavy atom. The molecule has 2 aromatic carbocycles. The Hall–Kier alpha value is -3.08. The first kappa shape index (κ1) is 19.2. The van der Waals surface area contributed by atoms with Crippen LogP contribution in [0.2, 0.25) is 5.02 Å². The second kappa shape index (κ2) is 8.11. The predicted molar refractivity (Wildman–Crippen MR) is 112 cm³/mol. The summed E-state index contributed by atoms with van der Waals surface area (Å²) >= 11 is 6.21. The molecule has 2 N–H and O–H groups in total. The van der Waals surface area contributed by atoms with E-state index in [1.54, 1.807) is 19.2 Å². The van der Waals surface area contributed by atoms with Gasteiger partial charge < -0.3 is 20.1 Å². The van der Waals surface area contributed by atoms with E-state index in [-0.39, 0.29) is 0 Å². The van der Waals surface area contributed by atoms with Gasteiger partial charge in [0, 0.05) is 23.9 Å². The number of aliphatic hydroxyl groups excluding tert-OH is 1. The Morgan fingerprint density at radius 3 is 2.83 bits per heavy atom. The number of hydrogen-bond acceptors (Lipinski definition) is 7. The van der Waals surface area contributed by atoms with Crippen LogP contribution in [0.15, 0.2) is 36.4 Å². The van der Waals surface area contributed by atoms with Crippen molar-refractivity contribution in [3.8, 4) is 11.8 Å². The lowest BCUT2D eigenvalue weighted by Gasteiger charge is -2.23. The number of benzene rings is 2. The fourth-order valence-electron chi connectivity index (χ4n) is 3.55. The summed E-state index contributed by atoms with van der Waals surface area (Å²) in [4.78, 5) is 1.86. The molecule has 0 saturated carbocycles. The van der Waals surface area contributed by atoms with Crippen molar-refractivity contribution >= 4 is 34.0 Å². The molecule has 29 heavy (non-hydrogen) atoms. The van der Waals surface area contributed by atoms with Crippen molar-refractivity contribution in [1.82, 2.24) is 10.2 Å². The first-order valence-electron chi connectivity index (χ1n) is 9.32. The van der Waals surface area contributed by atoms with E-state index in [2.05, 4.69) is 21.6 Å². The lowest BCUT2D eigenvalue weighted by molar-refractivity contribution is 0.185. The van der Waals surface area contributed by atoms with Crippen LogP contribution in [0.1, 0.15) is 24.0 Å². The first-order valence-corrected chi connectivity index (χ1v) is 9.70. The Kier molecular flexibility index (Phi) is 5.38. The van der Waals surface area contributed by atoms with Gasteiger partial charge in [0.1, 0.15) is 12.0 Å². The Morgan fingerprint density at radius 2 is 2.14 bits per heavy atom. The van der Waals surface area contributed by atoms with Crippen molar-refractivity contribution in [2.45, 2.75) is 25.6 Å². The molecule has 0 spiro atoms. The molecule has 1 fully saturated rings. The van der Waals surface area contributed by atoms with Crippen LogP contribution in [0.3, 0.4) is 0 Å². The van der Waals surface area contributed by atoms with Crippen LogP contribution in [0.5, 0.6) is 5.75 Å². The Labute approximate surface area is 173 Å². The molecular formula is C21H20ClN5O2. The minimum absolute atomic E-state index is 0.482. The number of ether oxygens (including phenoxy) is 1. The quantitative estimate of drug-likeness (QED) is 0.663. The first-order chi connectivity index (χ1) is 14.1. The molecule has 0 radical (unpaired) electrons. The Balaban J connectivity index is 1.69. The third-order valence-corrected chi connectivity index (χ3v) is 5.35. The lowest BCUT2D eigenvalue weighted by Crippen LogP contribution is -2.30. The van der Waals surface area contributed by atoms with Crippen LogP contribution in [0.4, 0.5) is 11.6 Å². The highest BCUT2D eigenvalue weighted by Gasteiger charge is 2.26. The lowest BCUT2D eigenvalue weighted by atomic mass is 10.1. The van der Waals surface area contributed by atoms with Gasteiger partial charge in [-0.2, -0.15) is 5.26 Å². The number of halogens is 1. The van der Waals surface area contributed by atoms with E-state index in [0.717, 1.165) is 29.3 Å². The number of fused-ring (bicyclic) bond motifs is 1. The SMILES string of the molecule is COc1ccc(CNc2nnc(N3CCCC3O)c3ccc(C#N)cc23)cc1Cl. The molecule has 1 atom stereocenters. The standard InChI is InChI=1S/C21H20ClN5O2/c1-29-18-7-5-14(10-17(18)22)12-24-20-16-9-13(11-23)4-6-15(16)21(26-25-20)27-8-2-3-19(27)28/h4-7,9-10,19,28H,2-3,8,12H2,1H3,(H,24,25). The van der Waals surface area contributed by atoms with Gasteiger partial charge in [0.05, 0.1) is 23.8 Å². The van der Waals surface area contributed by atoms with E-state index in [1.165, 1.54) is 0 Å². The summed E-state index contributed by atoms with van der Waals surface area (Å²) < 4.78 is 5.19. The number of nitriles is 1. The van der Waals surface area contributed by atoms with Crippen LogP contribution in [-0.2, 0) is 6.54 Å². The number of aromatic nitrogens is 2. The van der Waals surface area contributed by atoms with E-state index < -0.39 is 6.23 Å². The van der Waals surface area contributed by atoms with Crippen LogP contribution in [-0.4, -0.2) is 35.2 Å². The van der Waals surface area contributed by atoms with Crippen LogP contribution >= 0.6 is 11.6 Å². The monoisotopic (exact) mass is 409 g/mol. The molecule has 148 valence electrons. The molecule has 1 aliphatic heterocycles. The highest BCUT2D eigenvalue weighted by atomic mass is 35.5. The number of methoxy groups -OCH3 is 1. The van der Waals surface area contributed by atoms with E-state index in [0.29, 0.717) is 40.9 Å². The molecule has 4 rings (SSSR count). The largest absolute Gasteiger partial charge is 0.495 e. The number of nitrogens with zero attached hydrogens (tertiary/aromatic N) is 4. The zero-order valence-electron chi connectivity index (χ0n) is 15.9. The summed E-state index contributed by atoms with van der Waals surface area (Å²) in [6.07, 6.45) is 1.04.